The highest BCUT2D eigenvalue weighted by Gasteiger charge is 2.09. The largest absolute Gasteiger partial charge is 0.377 e. The summed E-state index contributed by atoms with van der Waals surface area (Å²) in [5, 5.41) is 3.39. The molecule has 0 radical (unpaired) electrons. The lowest BCUT2D eigenvalue weighted by molar-refractivity contribution is 0.0633. The zero-order chi connectivity index (χ0) is 14.1. The van der Waals surface area contributed by atoms with Crippen LogP contribution in [0.4, 0.5) is 0 Å². The molecule has 0 aliphatic rings. The molecule has 3 heteroatoms. The normalized spacial score (nSPS) is 13.2. The predicted octanol–water partition coefficient (Wildman–Crippen LogP) is 2.69. The van der Waals surface area contributed by atoms with E-state index in [4.69, 9.17) is 4.74 Å². The van der Waals surface area contributed by atoms with Gasteiger partial charge >= 0.3 is 0 Å². The molecule has 0 saturated heterocycles. The van der Waals surface area contributed by atoms with E-state index in [0.29, 0.717) is 12.1 Å². The lowest BCUT2D eigenvalue weighted by Crippen LogP contribution is -2.28. The molecule has 1 aromatic rings. The van der Waals surface area contributed by atoms with E-state index < -0.39 is 0 Å². The van der Waals surface area contributed by atoms with Gasteiger partial charge in [0.05, 0.1) is 12.7 Å². The molecule has 0 spiro atoms. The Kier molecular flexibility index (Phi) is 7.72. The van der Waals surface area contributed by atoms with Crippen molar-refractivity contribution in [1.29, 1.82) is 0 Å². The van der Waals surface area contributed by atoms with Crippen LogP contribution >= 0.6 is 0 Å². The number of rotatable bonds is 9. The Bertz CT molecular complexity index is 327. The van der Waals surface area contributed by atoms with Crippen LogP contribution in [0.25, 0.3) is 0 Å². The van der Waals surface area contributed by atoms with Crippen molar-refractivity contribution in [3.63, 3.8) is 0 Å². The topological polar surface area (TPSA) is 24.5 Å². The van der Waals surface area contributed by atoms with Crippen molar-refractivity contribution >= 4 is 0 Å². The van der Waals surface area contributed by atoms with Gasteiger partial charge in [0.1, 0.15) is 0 Å². The fourth-order valence-corrected chi connectivity index (χ4v) is 2.07. The summed E-state index contributed by atoms with van der Waals surface area (Å²) in [5.74, 6) is 0. The second kappa shape index (κ2) is 9.08. The molecule has 1 aromatic carbocycles. The summed E-state index contributed by atoms with van der Waals surface area (Å²) in [4.78, 5) is 2.33. The molecule has 0 heterocycles. The Morgan fingerprint density at radius 3 is 2.42 bits per heavy atom. The standard InChI is InChI=1S/C16H28N2O/c1-14(2)19-13-12-18(4)11-10-16(17-3)15-8-6-5-7-9-15/h5-9,14,16-17H,10-13H2,1-4H3. The van der Waals surface area contributed by atoms with Crippen LogP contribution in [0.3, 0.4) is 0 Å². The molecule has 0 fully saturated rings. The SMILES string of the molecule is CNC(CCN(C)CCOC(C)C)c1ccccc1. The van der Waals surface area contributed by atoms with Crippen molar-refractivity contribution in [3.8, 4) is 0 Å². The van der Waals surface area contributed by atoms with E-state index in [-0.39, 0.29) is 0 Å². The number of nitrogens with one attached hydrogen (secondary N) is 1. The van der Waals surface area contributed by atoms with Gasteiger partial charge in [-0.05, 0) is 46.5 Å². The first-order chi connectivity index (χ1) is 9.13. The smallest absolute Gasteiger partial charge is 0.0596 e. The second-order valence-electron chi connectivity index (χ2n) is 5.26. The van der Waals surface area contributed by atoms with Crippen LogP contribution in [0, 0.1) is 0 Å². The van der Waals surface area contributed by atoms with Crippen LogP contribution in [0.15, 0.2) is 30.3 Å². The summed E-state index contributed by atoms with van der Waals surface area (Å²) in [6, 6.07) is 11.0. The third kappa shape index (κ3) is 6.71. The van der Waals surface area contributed by atoms with Gasteiger partial charge in [-0.3, -0.25) is 0 Å². The van der Waals surface area contributed by atoms with E-state index >= 15 is 0 Å². The predicted molar refractivity (Wildman–Crippen MR) is 81.4 cm³/mol. The van der Waals surface area contributed by atoms with Gasteiger partial charge in [-0.15, -0.1) is 0 Å². The van der Waals surface area contributed by atoms with Crippen molar-refractivity contribution in [3.05, 3.63) is 35.9 Å². The van der Waals surface area contributed by atoms with E-state index in [9.17, 15) is 0 Å². The molecule has 1 rings (SSSR count). The van der Waals surface area contributed by atoms with E-state index in [1.54, 1.807) is 0 Å². The first-order valence-corrected chi connectivity index (χ1v) is 7.16. The minimum Gasteiger partial charge on any atom is -0.377 e. The second-order valence-corrected chi connectivity index (χ2v) is 5.26. The van der Waals surface area contributed by atoms with Gasteiger partial charge in [-0.2, -0.15) is 0 Å². The molecule has 0 saturated carbocycles. The minimum absolute atomic E-state index is 0.322. The number of hydrogen-bond acceptors (Lipinski definition) is 3. The highest BCUT2D eigenvalue weighted by atomic mass is 16.5. The minimum atomic E-state index is 0.322. The van der Waals surface area contributed by atoms with Gasteiger partial charge in [0, 0.05) is 12.6 Å². The Hall–Kier alpha value is -0.900. The van der Waals surface area contributed by atoms with Gasteiger partial charge in [-0.25, -0.2) is 0 Å². The lowest BCUT2D eigenvalue weighted by Gasteiger charge is -2.22. The van der Waals surface area contributed by atoms with Crippen molar-refractivity contribution in [2.45, 2.75) is 32.4 Å². The quantitative estimate of drug-likeness (QED) is 0.742. The Balaban J connectivity index is 2.29. The molecule has 1 atom stereocenters. The average molecular weight is 264 g/mol. The lowest BCUT2D eigenvalue weighted by atomic mass is 10.0. The maximum atomic E-state index is 5.57. The third-order valence-electron chi connectivity index (χ3n) is 3.27. The first kappa shape index (κ1) is 16.2. The van der Waals surface area contributed by atoms with Gasteiger partial charge in [0.2, 0.25) is 0 Å². The van der Waals surface area contributed by atoms with E-state index in [1.165, 1.54) is 5.56 Å². The van der Waals surface area contributed by atoms with Crippen LogP contribution in [-0.2, 0) is 4.74 Å². The molecule has 0 aromatic heterocycles. The van der Waals surface area contributed by atoms with E-state index in [1.807, 2.05) is 7.05 Å². The highest BCUT2D eigenvalue weighted by molar-refractivity contribution is 5.18. The summed E-state index contributed by atoms with van der Waals surface area (Å²) in [7, 11) is 4.18. The van der Waals surface area contributed by atoms with Gasteiger partial charge in [0.25, 0.3) is 0 Å². The van der Waals surface area contributed by atoms with Crippen molar-refractivity contribution < 1.29 is 4.74 Å². The molecule has 0 aliphatic carbocycles. The van der Waals surface area contributed by atoms with Crippen LogP contribution in [-0.4, -0.2) is 44.8 Å². The summed E-state index contributed by atoms with van der Waals surface area (Å²) in [5.41, 5.74) is 1.36. The zero-order valence-corrected chi connectivity index (χ0v) is 12.7. The molecular weight excluding hydrogens is 236 g/mol. The van der Waals surface area contributed by atoms with Crippen LogP contribution in [0.1, 0.15) is 31.9 Å². The molecule has 19 heavy (non-hydrogen) atoms. The van der Waals surface area contributed by atoms with Crippen molar-refractivity contribution in [1.82, 2.24) is 10.2 Å². The number of nitrogens with zero attached hydrogens (tertiary/aromatic N) is 1. The maximum absolute atomic E-state index is 5.57. The monoisotopic (exact) mass is 264 g/mol. The highest BCUT2D eigenvalue weighted by Crippen LogP contribution is 2.15. The van der Waals surface area contributed by atoms with E-state index in [0.717, 1.165) is 26.1 Å². The van der Waals surface area contributed by atoms with Crippen molar-refractivity contribution in [2.24, 2.45) is 0 Å². The summed E-state index contributed by atoms with van der Waals surface area (Å²) >= 11 is 0. The molecular formula is C16H28N2O. The maximum Gasteiger partial charge on any atom is 0.0596 e. The Morgan fingerprint density at radius 2 is 1.84 bits per heavy atom. The summed E-state index contributed by atoms with van der Waals surface area (Å²) < 4.78 is 5.57. The third-order valence-corrected chi connectivity index (χ3v) is 3.27. The Labute approximate surface area is 118 Å². The van der Waals surface area contributed by atoms with Gasteiger partial charge in [0.15, 0.2) is 0 Å². The van der Waals surface area contributed by atoms with Crippen LogP contribution in [0.2, 0.25) is 0 Å². The molecule has 0 amide bonds. The fraction of sp³-hybridized carbons (Fsp3) is 0.625. The molecule has 0 bridgehead atoms. The first-order valence-electron chi connectivity index (χ1n) is 7.16. The molecule has 3 nitrogen and oxygen atoms in total. The van der Waals surface area contributed by atoms with E-state index in [2.05, 4.69) is 61.4 Å². The molecule has 1 N–H and O–H groups in total. The van der Waals surface area contributed by atoms with Crippen LogP contribution in [0.5, 0.6) is 0 Å². The fourth-order valence-electron chi connectivity index (χ4n) is 2.07. The Morgan fingerprint density at radius 1 is 1.16 bits per heavy atom. The van der Waals surface area contributed by atoms with Crippen molar-refractivity contribution in [2.75, 3.05) is 33.8 Å². The number of benzene rings is 1. The van der Waals surface area contributed by atoms with Gasteiger partial charge in [-0.1, -0.05) is 30.3 Å². The summed E-state index contributed by atoms with van der Waals surface area (Å²) in [6.07, 6.45) is 1.43. The number of ether oxygens (including phenoxy) is 1. The average Bonchev–Trinajstić information content (AvgIpc) is 2.40. The molecule has 108 valence electrons. The number of hydrogen-bond donors (Lipinski definition) is 1. The summed E-state index contributed by atoms with van der Waals surface area (Å²) in [6.45, 7) is 7.02. The zero-order valence-electron chi connectivity index (χ0n) is 12.7. The van der Waals surface area contributed by atoms with Gasteiger partial charge < -0.3 is 15.0 Å². The molecule has 0 aliphatic heterocycles. The number of likely N-dealkylation sites (N-methyl/N-ethyl adjacent to an activating group) is 1. The van der Waals surface area contributed by atoms with Crippen LogP contribution < -0.4 is 5.32 Å². The molecule has 1 unspecified atom stereocenters.